The van der Waals surface area contributed by atoms with Gasteiger partial charge in [0.15, 0.2) is 0 Å². The zero-order valence-corrected chi connectivity index (χ0v) is 19.4. The molecule has 0 radical (unpaired) electrons. The molecule has 0 amide bonds. The number of nitrogens with zero attached hydrogens (tertiary/aromatic N) is 3. The van der Waals surface area contributed by atoms with Gasteiger partial charge >= 0.3 is 0 Å². The highest BCUT2D eigenvalue weighted by molar-refractivity contribution is 6.35. The third-order valence-electron chi connectivity index (χ3n) is 5.58. The second kappa shape index (κ2) is 9.00. The summed E-state index contributed by atoms with van der Waals surface area (Å²) in [6, 6.07) is 17.2. The summed E-state index contributed by atoms with van der Waals surface area (Å²) in [5.41, 5.74) is 12.2. The molecule has 0 bridgehead atoms. The average Bonchev–Trinajstić information content (AvgIpc) is 3.05. The van der Waals surface area contributed by atoms with Crippen molar-refractivity contribution in [2.75, 3.05) is 5.73 Å². The smallest absolute Gasteiger partial charge is 0.142 e. The lowest BCUT2D eigenvalue weighted by atomic mass is 9.95. The summed E-state index contributed by atoms with van der Waals surface area (Å²) in [7, 11) is 0. The predicted octanol–water partition coefficient (Wildman–Crippen LogP) is 6.58. The number of nitrogens with two attached hydrogens (primary N) is 1. The minimum absolute atomic E-state index is 0.137. The first-order chi connectivity index (χ1) is 15.8. The molecule has 1 heterocycles. The molecule has 2 N–H and O–H groups in total. The zero-order valence-electron chi connectivity index (χ0n) is 17.9. The largest absolute Gasteiger partial charge is 0.489 e. The first-order valence-corrected chi connectivity index (χ1v) is 10.8. The number of hydrogen-bond acceptors (Lipinski definition) is 5. The van der Waals surface area contributed by atoms with E-state index in [0.29, 0.717) is 39.2 Å². The summed E-state index contributed by atoms with van der Waals surface area (Å²) < 4.78 is 5.85. The Labute approximate surface area is 202 Å². The molecular weight excluding hydrogens is 455 g/mol. The zero-order chi connectivity index (χ0) is 23.7. The van der Waals surface area contributed by atoms with Crippen LogP contribution < -0.4 is 10.5 Å². The fourth-order valence-corrected chi connectivity index (χ4v) is 4.29. The topological polar surface area (TPSA) is 95.7 Å². The van der Waals surface area contributed by atoms with Crippen LogP contribution in [-0.2, 0) is 6.61 Å². The highest BCUT2D eigenvalue weighted by Crippen LogP contribution is 2.44. The number of fused-ring (bicyclic) bond motifs is 1. The first-order valence-electron chi connectivity index (χ1n) is 10.0. The summed E-state index contributed by atoms with van der Waals surface area (Å²) >= 11 is 12.1. The van der Waals surface area contributed by atoms with Crippen molar-refractivity contribution in [3.8, 4) is 17.9 Å². The predicted molar refractivity (Wildman–Crippen MR) is 131 cm³/mol. The Morgan fingerprint density at radius 3 is 2.42 bits per heavy atom. The molecule has 0 aliphatic heterocycles. The van der Waals surface area contributed by atoms with Gasteiger partial charge in [-0.15, -0.1) is 0 Å². The van der Waals surface area contributed by atoms with Crippen LogP contribution in [0.25, 0.3) is 17.2 Å². The van der Waals surface area contributed by atoms with Gasteiger partial charge in [0.1, 0.15) is 30.3 Å². The number of hydrogen-bond donors (Lipinski definition) is 1. The van der Waals surface area contributed by atoms with Crippen LogP contribution in [0.3, 0.4) is 0 Å². The maximum Gasteiger partial charge on any atom is 0.142 e. The second-order valence-electron chi connectivity index (χ2n) is 7.60. The van der Waals surface area contributed by atoms with Gasteiger partial charge in [-0.2, -0.15) is 10.5 Å². The Hall–Kier alpha value is -3.77. The van der Waals surface area contributed by atoms with Gasteiger partial charge in [0.25, 0.3) is 0 Å². The quantitative estimate of drug-likeness (QED) is 0.462. The van der Waals surface area contributed by atoms with Crippen LogP contribution in [-0.4, -0.2) is 4.98 Å². The summed E-state index contributed by atoms with van der Waals surface area (Å²) in [4.78, 5) is 4.35. The van der Waals surface area contributed by atoms with E-state index >= 15 is 0 Å². The molecule has 33 heavy (non-hydrogen) atoms. The van der Waals surface area contributed by atoms with E-state index in [-0.39, 0.29) is 5.82 Å². The fraction of sp³-hybridized carbons (Fsp3) is 0.115. The van der Waals surface area contributed by atoms with Gasteiger partial charge in [0.2, 0.25) is 0 Å². The van der Waals surface area contributed by atoms with Gasteiger partial charge in [0, 0.05) is 21.2 Å². The Morgan fingerprint density at radius 1 is 1.06 bits per heavy atom. The molecule has 0 saturated heterocycles. The SMILES string of the molecule is CC1=C(C#N)c2nc(N)c(C#N)c(C)c2/C1=C\c1ccc(OCc2ccc(Cl)cc2Cl)cc1. The van der Waals surface area contributed by atoms with Crippen LogP contribution in [0.4, 0.5) is 5.82 Å². The molecule has 0 fully saturated rings. The number of rotatable bonds is 4. The highest BCUT2D eigenvalue weighted by atomic mass is 35.5. The van der Waals surface area contributed by atoms with Crippen molar-refractivity contribution in [1.29, 1.82) is 10.5 Å². The molecular formula is C26H18Cl2N4O. The maximum absolute atomic E-state index is 9.69. The van der Waals surface area contributed by atoms with Crippen molar-refractivity contribution in [3.63, 3.8) is 0 Å². The van der Waals surface area contributed by atoms with Gasteiger partial charge in [-0.3, -0.25) is 0 Å². The van der Waals surface area contributed by atoms with E-state index in [4.69, 9.17) is 33.7 Å². The summed E-state index contributed by atoms with van der Waals surface area (Å²) in [5.74, 6) is 0.829. The third kappa shape index (κ3) is 4.17. The maximum atomic E-state index is 9.69. The second-order valence-corrected chi connectivity index (χ2v) is 8.44. The Balaban J connectivity index is 1.64. The standard InChI is InChI=1S/C26H18Cl2N4O/c1-14-20(24-15(2)22(12-30)26(31)32-25(24)21(14)11-29)9-16-3-7-19(8-4-16)33-13-17-5-6-18(27)10-23(17)28/h3-10H,13H2,1-2H3,(H2,31,32)/b20-9-. The van der Waals surface area contributed by atoms with Crippen LogP contribution in [0, 0.1) is 29.6 Å². The van der Waals surface area contributed by atoms with Gasteiger partial charge < -0.3 is 10.5 Å². The molecule has 2 aromatic carbocycles. The monoisotopic (exact) mass is 472 g/mol. The molecule has 162 valence electrons. The van der Waals surface area contributed by atoms with E-state index in [2.05, 4.69) is 17.1 Å². The van der Waals surface area contributed by atoms with E-state index in [0.717, 1.165) is 33.4 Å². The van der Waals surface area contributed by atoms with Crippen molar-refractivity contribution in [2.45, 2.75) is 20.5 Å². The lowest BCUT2D eigenvalue weighted by Gasteiger charge is -2.11. The summed E-state index contributed by atoms with van der Waals surface area (Å²) in [5, 5.41) is 20.3. The molecule has 0 saturated carbocycles. The van der Waals surface area contributed by atoms with E-state index in [1.807, 2.05) is 50.3 Å². The number of nitrogen functional groups attached to an aromatic ring is 1. The molecule has 4 rings (SSSR count). The first kappa shape index (κ1) is 22.4. The molecule has 1 aliphatic rings. The van der Waals surface area contributed by atoms with Crippen LogP contribution >= 0.6 is 23.2 Å². The number of halogens is 2. The number of ether oxygens (including phenoxy) is 1. The van der Waals surface area contributed by atoms with Crippen molar-refractivity contribution >= 4 is 46.2 Å². The Morgan fingerprint density at radius 2 is 1.79 bits per heavy atom. The van der Waals surface area contributed by atoms with Gasteiger partial charge in [-0.25, -0.2) is 4.98 Å². The Kier molecular flexibility index (Phi) is 6.11. The Bertz CT molecular complexity index is 1420. The highest BCUT2D eigenvalue weighted by Gasteiger charge is 2.29. The van der Waals surface area contributed by atoms with Gasteiger partial charge in [0.05, 0.1) is 16.8 Å². The number of pyridine rings is 1. The lowest BCUT2D eigenvalue weighted by molar-refractivity contribution is 0.306. The van der Waals surface area contributed by atoms with E-state index in [1.54, 1.807) is 12.1 Å². The number of benzene rings is 2. The van der Waals surface area contributed by atoms with E-state index in [1.165, 1.54) is 0 Å². The van der Waals surface area contributed by atoms with Crippen molar-refractivity contribution < 1.29 is 4.74 Å². The molecule has 1 aromatic heterocycles. The fourth-order valence-electron chi connectivity index (χ4n) is 3.82. The molecule has 5 nitrogen and oxygen atoms in total. The van der Waals surface area contributed by atoms with Crippen LogP contribution in [0.1, 0.15) is 40.4 Å². The molecule has 0 unspecified atom stereocenters. The van der Waals surface area contributed by atoms with E-state index in [9.17, 15) is 10.5 Å². The van der Waals surface area contributed by atoms with Crippen molar-refractivity contribution in [2.24, 2.45) is 0 Å². The average molecular weight is 473 g/mol. The lowest BCUT2D eigenvalue weighted by Crippen LogP contribution is -2.03. The van der Waals surface area contributed by atoms with E-state index < -0.39 is 0 Å². The minimum atomic E-state index is 0.137. The minimum Gasteiger partial charge on any atom is -0.489 e. The number of nitriles is 2. The summed E-state index contributed by atoms with van der Waals surface area (Å²) in [6.45, 7) is 4.02. The summed E-state index contributed by atoms with van der Waals surface area (Å²) in [6.07, 6.45) is 1.98. The molecule has 0 atom stereocenters. The number of anilines is 1. The van der Waals surface area contributed by atoms with Crippen molar-refractivity contribution in [1.82, 2.24) is 4.98 Å². The van der Waals surface area contributed by atoms with Crippen LogP contribution in [0.2, 0.25) is 10.0 Å². The normalized spacial score (nSPS) is 13.6. The van der Waals surface area contributed by atoms with Crippen LogP contribution in [0.5, 0.6) is 5.75 Å². The molecule has 1 aliphatic carbocycles. The number of aromatic nitrogens is 1. The number of allylic oxidation sites excluding steroid dienone is 3. The molecule has 7 heteroatoms. The molecule has 3 aromatic rings. The van der Waals surface area contributed by atoms with Gasteiger partial charge in [-0.1, -0.05) is 41.4 Å². The third-order valence-corrected chi connectivity index (χ3v) is 6.17. The van der Waals surface area contributed by atoms with Crippen LogP contribution in [0.15, 0.2) is 48.0 Å². The van der Waals surface area contributed by atoms with Gasteiger partial charge in [-0.05, 0) is 66.5 Å². The molecule has 0 spiro atoms. The van der Waals surface area contributed by atoms with Crippen molar-refractivity contribution in [3.05, 3.63) is 91.6 Å².